The molecular weight excluding hydrogens is 263 g/mol. The molecule has 116 valence electrons. The molecule has 4 nitrogen and oxygen atoms in total. The molecule has 1 saturated carbocycles. The van der Waals surface area contributed by atoms with E-state index in [0.29, 0.717) is 25.0 Å². The topological polar surface area (TPSA) is 50.8 Å². The third-order valence-electron chi connectivity index (χ3n) is 4.27. The minimum Gasteiger partial charge on any atom is -0.609 e. The van der Waals surface area contributed by atoms with Gasteiger partial charge in [-0.3, -0.25) is 0 Å². The quantitative estimate of drug-likeness (QED) is 0.521. The van der Waals surface area contributed by atoms with Crippen molar-refractivity contribution < 1.29 is 38.2 Å². The molecule has 1 saturated heterocycles. The number of hydrogen-bond donors (Lipinski definition) is 0. The number of allylic oxidation sites excluding steroid dienone is 1. The Morgan fingerprint density at radius 2 is 1.52 bits per heavy atom. The first kappa shape index (κ1) is 18.9. The number of hydrogen-bond acceptors (Lipinski definition) is 4. The molecule has 21 heavy (non-hydrogen) atoms. The molecule has 0 amide bonds. The third-order valence-corrected chi connectivity index (χ3v) is 4.27. The fraction of sp³-hybridized carbons (Fsp3) is 0.875. The summed E-state index contributed by atoms with van der Waals surface area (Å²) in [6.07, 6.45) is 2.98. The Hall–Kier alpha value is -0.143. The Morgan fingerprint density at radius 3 is 1.95 bits per heavy atom. The molecule has 0 bridgehead atoms. The largest absolute Gasteiger partial charge is 1.00 e. The van der Waals surface area contributed by atoms with Gasteiger partial charge in [-0.15, -0.1) is 0 Å². The molecule has 0 aromatic rings. The Labute approximate surface area is 140 Å². The van der Waals surface area contributed by atoms with Crippen molar-refractivity contribution in [1.29, 1.82) is 0 Å². The van der Waals surface area contributed by atoms with Crippen LogP contribution in [0.25, 0.3) is 0 Å². The van der Waals surface area contributed by atoms with Crippen LogP contribution < -0.4 is 24.0 Å². The molecule has 0 unspecified atom stereocenters. The van der Waals surface area contributed by atoms with Crippen molar-refractivity contribution >= 4 is 0 Å². The SMILES string of the molecule is CC(C)C(OC([O-])=C1CCC2(CC1)OCCO2)C(C)C.[Li+]. The fourth-order valence-electron chi connectivity index (χ4n) is 3.17. The molecule has 0 N–H and O–H groups in total. The number of rotatable bonds is 4. The summed E-state index contributed by atoms with van der Waals surface area (Å²) in [4.78, 5) is 0. The zero-order chi connectivity index (χ0) is 14.8. The van der Waals surface area contributed by atoms with Gasteiger partial charge in [0.2, 0.25) is 0 Å². The van der Waals surface area contributed by atoms with Gasteiger partial charge in [-0.05, 0) is 30.3 Å². The maximum absolute atomic E-state index is 12.3. The van der Waals surface area contributed by atoms with E-state index in [1.54, 1.807) is 0 Å². The minimum atomic E-state index is -0.417. The predicted molar refractivity (Wildman–Crippen MR) is 74.7 cm³/mol. The summed E-state index contributed by atoms with van der Waals surface area (Å²) < 4.78 is 17.1. The molecule has 1 aliphatic carbocycles. The van der Waals surface area contributed by atoms with Crippen LogP contribution in [0, 0.1) is 11.8 Å². The predicted octanol–water partition coefficient (Wildman–Crippen LogP) is -0.423. The molecule has 5 heteroatoms. The van der Waals surface area contributed by atoms with Gasteiger partial charge in [0.05, 0.1) is 19.2 Å². The van der Waals surface area contributed by atoms with E-state index in [1.165, 1.54) is 0 Å². The van der Waals surface area contributed by atoms with Crippen molar-refractivity contribution in [2.75, 3.05) is 13.2 Å². The Balaban J connectivity index is 0.00000220. The van der Waals surface area contributed by atoms with Crippen LogP contribution in [0.4, 0.5) is 0 Å². The Morgan fingerprint density at radius 1 is 1.05 bits per heavy atom. The van der Waals surface area contributed by atoms with Crippen molar-refractivity contribution in [2.24, 2.45) is 11.8 Å². The summed E-state index contributed by atoms with van der Waals surface area (Å²) in [5.74, 6) is 0.149. The second-order valence-corrected chi connectivity index (χ2v) is 6.57. The molecule has 2 fully saturated rings. The Bertz CT molecular complexity index is 339. The normalized spacial score (nSPS) is 21.2. The maximum Gasteiger partial charge on any atom is 1.00 e. The number of ether oxygens (including phenoxy) is 3. The van der Waals surface area contributed by atoms with Crippen LogP contribution in [0.5, 0.6) is 0 Å². The van der Waals surface area contributed by atoms with E-state index in [1.807, 2.05) is 0 Å². The standard InChI is InChI=1S/C16H28O4.Li/c1-11(2)14(12(3)4)20-15(17)13-5-7-16(8-6-13)18-9-10-19-16;/h11-12,14,17H,5-10H2,1-4H3;/q;+1/p-1. The van der Waals surface area contributed by atoms with Crippen LogP contribution in [0.1, 0.15) is 53.4 Å². The van der Waals surface area contributed by atoms with Crippen molar-refractivity contribution in [3.8, 4) is 0 Å². The van der Waals surface area contributed by atoms with Gasteiger partial charge in [0.25, 0.3) is 0 Å². The second-order valence-electron chi connectivity index (χ2n) is 6.57. The van der Waals surface area contributed by atoms with Gasteiger partial charge in [0.1, 0.15) is 0 Å². The van der Waals surface area contributed by atoms with E-state index in [4.69, 9.17) is 14.2 Å². The first-order valence-electron chi connectivity index (χ1n) is 7.77. The summed E-state index contributed by atoms with van der Waals surface area (Å²) in [5, 5.41) is 12.3. The van der Waals surface area contributed by atoms with Gasteiger partial charge in [0, 0.05) is 18.9 Å². The van der Waals surface area contributed by atoms with Crippen LogP contribution in [-0.2, 0) is 14.2 Å². The van der Waals surface area contributed by atoms with E-state index < -0.39 is 5.79 Å². The second kappa shape index (κ2) is 7.92. The molecule has 1 spiro atoms. The third kappa shape index (κ3) is 4.66. The van der Waals surface area contributed by atoms with Crippen LogP contribution >= 0.6 is 0 Å². The average molecular weight is 290 g/mol. The van der Waals surface area contributed by atoms with E-state index in [-0.39, 0.29) is 30.9 Å². The summed E-state index contributed by atoms with van der Waals surface area (Å²) >= 11 is 0. The van der Waals surface area contributed by atoms with Gasteiger partial charge in [-0.2, -0.15) is 0 Å². The fourth-order valence-corrected chi connectivity index (χ4v) is 3.17. The molecule has 0 atom stereocenters. The molecular formula is C16H27LiO4. The minimum absolute atomic E-state index is 0. The summed E-state index contributed by atoms with van der Waals surface area (Å²) in [6.45, 7) is 9.72. The zero-order valence-corrected chi connectivity index (χ0v) is 14.1. The zero-order valence-electron chi connectivity index (χ0n) is 14.1. The van der Waals surface area contributed by atoms with Gasteiger partial charge >= 0.3 is 18.9 Å². The van der Waals surface area contributed by atoms with E-state index >= 15 is 0 Å². The summed E-state index contributed by atoms with van der Waals surface area (Å²) in [6, 6.07) is 0. The van der Waals surface area contributed by atoms with Gasteiger partial charge in [-0.1, -0.05) is 27.7 Å². The van der Waals surface area contributed by atoms with Crippen molar-refractivity contribution in [3.63, 3.8) is 0 Å². The van der Waals surface area contributed by atoms with Gasteiger partial charge in [0.15, 0.2) is 5.79 Å². The Kier molecular flexibility index (Phi) is 7.13. The molecule has 1 heterocycles. The smallest absolute Gasteiger partial charge is 0.609 e. The van der Waals surface area contributed by atoms with Crippen molar-refractivity contribution in [3.05, 3.63) is 11.5 Å². The molecule has 1 aliphatic heterocycles. The van der Waals surface area contributed by atoms with Crippen LogP contribution in [0.2, 0.25) is 0 Å². The molecule has 0 radical (unpaired) electrons. The van der Waals surface area contributed by atoms with Crippen LogP contribution in [0.15, 0.2) is 11.5 Å². The molecule has 2 rings (SSSR count). The average Bonchev–Trinajstić information content (AvgIpc) is 2.84. The first-order valence-corrected chi connectivity index (χ1v) is 7.77. The molecule has 2 aliphatic rings. The van der Waals surface area contributed by atoms with E-state index in [9.17, 15) is 5.11 Å². The van der Waals surface area contributed by atoms with Crippen molar-refractivity contribution in [2.45, 2.75) is 65.3 Å². The maximum atomic E-state index is 12.3. The molecule has 0 aromatic carbocycles. The van der Waals surface area contributed by atoms with Gasteiger partial charge in [-0.25, -0.2) is 0 Å². The van der Waals surface area contributed by atoms with E-state index in [0.717, 1.165) is 31.3 Å². The van der Waals surface area contributed by atoms with Crippen molar-refractivity contribution in [1.82, 2.24) is 0 Å². The van der Waals surface area contributed by atoms with Crippen LogP contribution in [-0.4, -0.2) is 25.1 Å². The van der Waals surface area contributed by atoms with Crippen LogP contribution in [0.3, 0.4) is 0 Å². The summed E-state index contributed by atoms with van der Waals surface area (Å²) in [5.41, 5.74) is 0.890. The monoisotopic (exact) mass is 290 g/mol. The molecule has 0 aromatic heterocycles. The first-order chi connectivity index (χ1) is 9.43. The van der Waals surface area contributed by atoms with Gasteiger partial charge < -0.3 is 19.3 Å². The summed E-state index contributed by atoms with van der Waals surface area (Å²) in [7, 11) is 0. The van der Waals surface area contributed by atoms with E-state index in [2.05, 4.69) is 27.7 Å².